The second-order valence-electron chi connectivity index (χ2n) is 4.65. The first kappa shape index (κ1) is 12.9. The maximum absolute atomic E-state index is 6.28. The molecule has 0 saturated heterocycles. The van der Waals surface area contributed by atoms with Crippen LogP contribution in [0.15, 0.2) is 0 Å². The van der Waals surface area contributed by atoms with Crippen LogP contribution in [0.1, 0.15) is 40.5 Å². The SMILES string of the molecule is CCC(CC)C(N)C(C)(C)N(C)C. The van der Waals surface area contributed by atoms with Crippen LogP contribution in [0.2, 0.25) is 0 Å². The molecule has 80 valence electrons. The average Bonchev–Trinajstić information content (AvgIpc) is 2.06. The second-order valence-corrected chi connectivity index (χ2v) is 4.65. The molecule has 0 aliphatic carbocycles. The summed E-state index contributed by atoms with van der Waals surface area (Å²) in [6, 6.07) is 0.262. The van der Waals surface area contributed by atoms with Crippen LogP contribution in [-0.4, -0.2) is 30.6 Å². The molecule has 2 N–H and O–H groups in total. The molecular formula is C11H26N2. The van der Waals surface area contributed by atoms with Crippen molar-refractivity contribution in [2.24, 2.45) is 11.7 Å². The highest BCUT2D eigenvalue weighted by Crippen LogP contribution is 2.24. The quantitative estimate of drug-likeness (QED) is 0.712. The summed E-state index contributed by atoms with van der Waals surface area (Å²) in [7, 11) is 4.20. The number of hydrogen-bond donors (Lipinski definition) is 1. The first-order valence-electron chi connectivity index (χ1n) is 5.30. The third kappa shape index (κ3) is 2.96. The van der Waals surface area contributed by atoms with Gasteiger partial charge in [-0.15, -0.1) is 0 Å². The maximum Gasteiger partial charge on any atom is 0.0300 e. The molecule has 0 aliphatic heterocycles. The highest BCUT2D eigenvalue weighted by molar-refractivity contribution is 4.92. The van der Waals surface area contributed by atoms with E-state index < -0.39 is 0 Å². The first-order chi connectivity index (χ1) is 5.87. The van der Waals surface area contributed by atoms with Crippen LogP contribution in [0.3, 0.4) is 0 Å². The molecule has 0 amide bonds. The van der Waals surface area contributed by atoms with Crippen LogP contribution in [-0.2, 0) is 0 Å². The summed E-state index contributed by atoms with van der Waals surface area (Å²) in [4.78, 5) is 2.22. The fourth-order valence-corrected chi connectivity index (χ4v) is 1.67. The molecule has 0 aliphatic rings. The summed E-state index contributed by atoms with van der Waals surface area (Å²) < 4.78 is 0. The van der Waals surface area contributed by atoms with Crippen molar-refractivity contribution in [3.63, 3.8) is 0 Å². The molecular weight excluding hydrogens is 160 g/mol. The van der Waals surface area contributed by atoms with E-state index in [1.165, 1.54) is 12.8 Å². The van der Waals surface area contributed by atoms with Gasteiger partial charge in [0, 0.05) is 11.6 Å². The fraction of sp³-hybridized carbons (Fsp3) is 1.00. The topological polar surface area (TPSA) is 29.3 Å². The van der Waals surface area contributed by atoms with Crippen molar-refractivity contribution in [2.45, 2.75) is 52.1 Å². The van der Waals surface area contributed by atoms with Crippen molar-refractivity contribution in [1.82, 2.24) is 4.90 Å². The van der Waals surface area contributed by atoms with E-state index in [9.17, 15) is 0 Å². The van der Waals surface area contributed by atoms with Gasteiger partial charge in [-0.2, -0.15) is 0 Å². The zero-order chi connectivity index (χ0) is 10.6. The van der Waals surface area contributed by atoms with E-state index in [-0.39, 0.29) is 11.6 Å². The van der Waals surface area contributed by atoms with Crippen LogP contribution in [0, 0.1) is 5.92 Å². The Hall–Kier alpha value is -0.0800. The van der Waals surface area contributed by atoms with Gasteiger partial charge in [0.05, 0.1) is 0 Å². The van der Waals surface area contributed by atoms with Gasteiger partial charge in [-0.1, -0.05) is 26.7 Å². The monoisotopic (exact) mass is 186 g/mol. The molecule has 2 heteroatoms. The van der Waals surface area contributed by atoms with Crippen molar-refractivity contribution >= 4 is 0 Å². The van der Waals surface area contributed by atoms with E-state index in [0.29, 0.717) is 5.92 Å². The van der Waals surface area contributed by atoms with Gasteiger partial charge in [-0.25, -0.2) is 0 Å². The number of likely N-dealkylation sites (N-methyl/N-ethyl adjacent to an activating group) is 1. The summed E-state index contributed by atoms with van der Waals surface area (Å²) in [6.07, 6.45) is 2.35. The van der Waals surface area contributed by atoms with Crippen molar-refractivity contribution in [3.8, 4) is 0 Å². The molecule has 0 aromatic heterocycles. The largest absolute Gasteiger partial charge is 0.326 e. The Kier molecular flexibility index (Phi) is 4.93. The van der Waals surface area contributed by atoms with Gasteiger partial charge in [-0.3, -0.25) is 0 Å². The maximum atomic E-state index is 6.28. The third-order valence-electron chi connectivity index (χ3n) is 3.52. The van der Waals surface area contributed by atoms with Gasteiger partial charge in [-0.05, 0) is 33.9 Å². The molecule has 0 aromatic rings. The lowest BCUT2D eigenvalue weighted by Gasteiger charge is -2.41. The Morgan fingerprint density at radius 3 is 1.77 bits per heavy atom. The molecule has 0 spiro atoms. The third-order valence-corrected chi connectivity index (χ3v) is 3.52. The predicted molar refractivity (Wildman–Crippen MR) is 59.8 cm³/mol. The smallest absolute Gasteiger partial charge is 0.0300 e. The van der Waals surface area contributed by atoms with Gasteiger partial charge >= 0.3 is 0 Å². The van der Waals surface area contributed by atoms with E-state index >= 15 is 0 Å². The minimum Gasteiger partial charge on any atom is -0.326 e. The summed E-state index contributed by atoms with van der Waals surface area (Å²) in [6.45, 7) is 8.88. The Labute approximate surface area is 83.5 Å². The zero-order valence-electron chi connectivity index (χ0n) is 10.1. The Bertz CT molecular complexity index is 137. The molecule has 0 fully saturated rings. The highest BCUT2D eigenvalue weighted by atomic mass is 15.2. The van der Waals surface area contributed by atoms with Crippen LogP contribution in [0.4, 0.5) is 0 Å². The number of nitrogens with zero attached hydrogens (tertiary/aromatic N) is 1. The molecule has 0 rings (SSSR count). The number of hydrogen-bond acceptors (Lipinski definition) is 2. The van der Waals surface area contributed by atoms with Crippen LogP contribution in [0.5, 0.6) is 0 Å². The minimum atomic E-state index is 0.0939. The zero-order valence-corrected chi connectivity index (χ0v) is 10.1. The van der Waals surface area contributed by atoms with E-state index in [1.807, 2.05) is 0 Å². The molecule has 0 radical (unpaired) electrons. The summed E-state index contributed by atoms with van der Waals surface area (Å²) in [5.74, 6) is 0.636. The minimum absolute atomic E-state index is 0.0939. The van der Waals surface area contributed by atoms with Gasteiger partial charge in [0.2, 0.25) is 0 Å². The molecule has 1 atom stereocenters. The number of rotatable bonds is 5. The van der Waals surface area contributed by atoms with E-state index in [4.69, 9.17) is 5.73 Å². The van der Waals surface area contributed by atoms with Gasteiger partial charge in [0.1, 0.15) is 0 Å². The summed E-state index contributed by atoms with van der Waals surface area (Å²) in [5.41, 5.74) is 6.37. The normalized spacial score (nSPS) is 15.5. The Balaban J connectivity index is 4.45. The van der Waals surface area contributed by atoms with Crippen LogP contribution >= 0.6 is 0 Å². The summed E-state index contributed by atoms with van der Waals surface area (Å²) >= 11 is 0. The van der Waals surface area contributed by atoms with Crippen molar-refractivity contribution in [1.29, 1.82) is 0 Å². The van der Waals surface area contributed by atoms with Crippen LogP contribution in [0.25, 0.3) is 0 Å². The molecule has 13 heavy (non-hydrogen) atoms. The molecule has 0 bridgehead atoms. The lowest BCUT2D eigenvalue weighted by Crippen LogP contribution is -2.56. The Morgan fingerprint density at radius 1 is 1.15 bits per heavy atom. The van der Waals surface area contributed by atoms with Crippen molar-refractivity contribution in [3.05, 3.63) is 0 Å². The molecule has 0 aromatic carbocycles. The Morgan fingerprint density at radius 2 is 1.54 bits per heavy atom. The second kappa shape index (κ2) is 4.97. The molecule has 0 saturated carbocycles. The lowest BCUT2D eigenvalue weighted by atomic mass is 9.81. The van der Waals surface area contributed by atoms with Gasteiger partial charge in [0.15, 0.2) is 0 Å². The average molecular weight is 186 g/mol. The van der Waals surface area contributed by atoms with Gasteiger partial charge < -0.3 is 10.6 Å². The van der Waals surface area contributed by atoms with Crippen molar-refractivity contribution < 1.29 is 0 Å². The summed E-state index contributed by atoms with van der Waals surface area (Å²) in [5, 5.41) is 0. The number of nitrogens with two attached hydrogens (primary N) is 1. The predicted octanol–water partition coefficient (Wildman–Crippen LogP) is 2.09. The highest BCUT2D eigenvalue weighted by Gasteiger charge is 2.32. The molecule has 1 unspecified atom stereocenters. The van der Waals surface area contributed by atoms with E-state index in [0.717, 1.165) is 0 Å². The molecule has 2 nitrogen and oxygen atoms in total. The fourth-order valence-electron chi connectivity index (χ4n) is 1.67. The first-order valence-corrected chi connectivity index (χ1v) is 5.30. The standard InChI is InChI=1S/C11H26N2/c1-7-9(8-2)10(12)11(3,4)13(5)6/h9-10H,7-8,12H2,1-6H3. The molecule has 0 heterocycles. The van der Waals surface area contributed by atoms with E-state index in [2.05, 4.69) is 46.7 Å². The van der Waals surface area contributed by atoms with Crippen molar-refractivity contribution in [2.75, 3.05) is 14.1 Å². The van der Waals surface area contributed by atoms with E-state index in [1.54, 1.807) is 0 Å². The van der Waals surface area contributed by atoms with Crippen LogP contribution < -0.4 is 5.73 Å². The lowest BCUT2D eigenvalue weighted by molar-refractivity contribution is 0.121. The van der Waals surface area contributed by atoms with Gasteiger partial charge in [0.25, 0.3) is 0 Å².